The maximum atomic E-state index is 5.98. The van der Waals surface area contributed by atoms with E-state index >= 15 is 0 Å². The first-order chi connectivity index (χ1) is 8.76. The van der Waals surface area contributed by atoms with Crippen molar-refractivity contribution < 1.29 is 0 Å². The number of thioether (sulfide) groups is 2. The molecule has 100 valence electrons. The van der Waals surface area contributed by atoms with Gasteiger partial charge >= 0.3 is 0 Å². The SMILES string of the molecule is CCSc1cccc(N2CCSC(C)C2)c1CN. The number of nitrogens with zero attached hydrogens (tertiary/aromatic N) is 1. The van der Waals surface area contributed by atoms with Crippen molar-refractivity contribution >= 4 is 29.2 Å². The van der Waals surface area contributed by atoms with Crippen LogP contribution in [-0.4, -0.2) is 29.8 Å². The summed E-state index contributed by atoms with van der Waals surface area (Å²) >= 11 is 3.96. The van der Waals surface area contributed by atoms with Gasteiger partial charge in [0, 0.05) is 46.8 Å². The molecule has 0 amide bonds. The lowest BCUT2D eigenvalue weighted by Gasteiger charge is -2.34. The summed E-state index contributed by atoms with van der Waals surface area (Å²) in [6, 6.07) is 6.59. The lowest BCUT2D eigenvalue weighted by Crippen LogP contribution is -2.37. The summed E-state index contributed by atoms with van der Waals surface area (Å²) in [6.45, 7) is 7.41. The van der Waals surface area contributed by atoms with Crippen LogP contribution in [0.4, 0.5) is 5.69 Å². The molecular weight excluding hydrogens is 260 g/mol. The van der Waals surface area contributed by atoms with Crippen molar-refractivity contribution in [2.45, 2.75) is 30.5 Å². The molecule has 0 saturated carbocycles. The van der Waals surface area contributed by atoms with Crippen molar-refractivity contribution in [3.05, 3.63) is 23.8 Å². The highest BCUT2D eigenvalue weighted by atomic mass is 32.2. The van der Waals surface area contributed by atoms with Crippen molar-refractivity contribution in [3.8, 4) is 0 Å². The molecule has 1 aliphatic heterocycles. The molecule has 18 heavy (non-hydrogen) atoms. The standard InChI is InChI=1S/C14H22N2S2/c1-3-17-14-6-4-5-13(12(14)9-15)16-7-8-18-11(2)10-16/h4-6,11H,3,7-10,15H2,1-2H3. The van der Waals surface area contributed by atoms with Gasteiger partial charge in [0.25, 0.3) is 0 Å². The molecular formula is C14H22N2S2. The summed E-state index contributed by atoms with van der Waals surface area (Å²) in [6.07, 6.45) is 0. The number of hydrogen-bond donors (Lipinski definition) is 1. The van der Waals surface area contributed by atoms with E-state index < -0.39 is 0 Å². The fraction of sp³-hybridized carbons (Fsp3) is 0.571. The van der Waals surface area contributed by atoms with E-state index in [9.17, 15) is 0 Å². The Labute approximate surface area is 119 Å². The molecule has 4 heteroatoms. The molecule has 0 spiro atoms. The van der Waals surface area contributed by atoms with Crippen LogP contribution in [0.1, 0.15) is 19.4 Å². The Kier molecular flexibility index (Phi) is 5.27. The molecule has 2 N–H and O–H groups in total. The number of benzene rings is 1. The predicted octanol–water partition coefficient (Wildman–Crippen LogP) is 3.20. The first kappa shape index (κ1) is 14.1. The minimum atomic E-state index is 0.635. The van der Waals surface area contributed by atoms with E-state index in [0.717, 1.165) is 18.8 Å². The highest BCUT2D eigenvalue weighted by molar-refractivity contribution is 8.00. The first-order valence-electron chi connectivity index (χ1n) is 6.57. The zero-order valence-corrected chi connectivity index (χ0v) is 12.8. The van der Waals surface area contributed by atoms with E-state index in [1.165, 1.54) is 21.9 Å². The zero-order chi connectivity index (χ0) is 13.0. The summed E-state index contributed by atoms with van der Waals surface area (Å²) in [7, 11) is 0. The Morgan fingerprint density at radius 2 is 2.33 bits per heavy atom. The Morgan fingerprint density at radius 3 is 3.00 bits per heavy atom. The minimum absolute atomic E-state index is 0.635. The van der Waals surface area contributed by atoms with Gasteiger partial charge in [-0.1, -0.05) is 19.9 Å². The second-order valence-corrected chi connectivity index (χ2v) is 7.37. The average molecular weight is 282 g/mol. The van der Waals surface area contributed by atoms with Crippen LogP contribution in [0.2, 0.25) is 0 Å². The highest BCUT2D eigenvalue weighted by Crippen LogP contribution is 2.32. The van der Waals surface area contributed by atoms with Crippen LogP contribution in [0.3, 0.4) is 0 Å². The van der Waals surface area contributed by atoms with Gasteiger partial charge in [0.15, 0.2) is 0 Å². The van der Waals surface area contributed by atoms with Crippen LogP contribution < -0.4 is 10.6 Å². The summed E-state index contributed by atoms with van der Waals surface area (Å²) in [4.78, 5) is 3.85. The van der Waals surface area contributed by atoms with E-state index in [0.29, 0.717) is 11.8 Å². The van der Waals surface area contributed by atoms with Crippen LogP contribution in [0.5, 0.6) is 0 Å². The van der Waals surface area contributed by atoms with Gasteiger partial charge in [-0.25, -0.2) is 0 Å². The van der Waals surface area contributed by atoms with Crippen molar-refractivity contribution in [3.63, 3.8) is 0 Å². The van der Waals surface area contributed by atoms with E-state index in [2.05, 4.69) is 48.7 Å². The largest absolute Gasteiger partial charge is 0.369 e. The van der Waals surface area contributed by atoms with E-state index in [1.807, 2.05) is 11.8 Å². The molecule has 2 rings (SSSR count). The third-order valence-electron chi connectivity index (χ3n) is 3.19. The Balaban J connectivity index is 2.28. The fourth-order valence-corrected chi connectivity index (χ4v) is 4.24. The topological polar surface area (TPSA) is 29.3 Å². The minimum Gasteiger partial charge on any atom is -0.369 e. The molecule has 1 aromatic carbocycles. The van der Waals surface area contributed by atoms with Crippen molar-refractivity contribution in [1.82, 2.24) is 0 Å². The molecule has 1 fully saturated rings. The van der Waals surface area contributed by atoms with E-state index in [-0.39, 0.29) is 0 Å². The van der Waals surface area contributed by atoms with Crippen molar-refractivity contribution in [2.75, 3.05) is 29.5 Å². The number of anilines is 1. The van der Waals surface area contributed by atoms with Crippen molar-refractivity contribution in [2.24, 2.45) is 5.73 Å². The smallest absolute Gasteiger partial charge is 0.0423 e. The van der Waals surface area contributed by atoms with Crippen LogP contribution in [-0.2, 0) is 6.54 Å². The molecule has 0 radical (unpaired) electrons. The van der Waals surface area contributed by atoms with Gasteiger partial charge in [0.1, 0.15) is 0 Å². The van der Waals surface area contributed by atoms with Crippen LogP contribution in [0.15, 0.2) is 23.1 Å². The van der Waals surface area contributed by atoms with Gasteiger partial charge in [0.2, 0.25) is 0 Å². The molecule has 1 atom stereocenters. The maximum absolute atomic E-state index is 5.98. The third kappa shape index (κ3) is 3.16. The third-order valence-corrected chi connectivity index (χ3v) is 5.31. The molecule has 1 aromatic rings. The lowest BCUT2D eigenvalue weighted by atomic mass is 10.1. The fourth-order valence-electron chi connectivity index (χ4n) is 2.38. The molecule has 1 heterocycles. The molecule has 0 aromatic heterocycles. The second-order valence-electron chi connectivity index (χ2n) is 4.52. The Bertz CT molecular complexity index is 395. The molecule has 2 nitrogen and oxygen atoms in total. The average Bonchev–Trinajstić information content (AvgIpc) is 2.39. The van der Waals surface area contributed by atoms with Gasteiger partial charge in [-0.2, -0.15) is 11.8 Å². The number of rotatable bonds is 4. The quantitative estimate of drug-likeness (QED) is 0.859. The molecule has 0 aliphatic carbocycles. The first-order valence-corrected chi connectivity index (χ1v) is 8.61. The van der Waals surface area contributed by atoms with Gasteiger partial charge in [0.05, 0.1) is 0 Å². The zero-order valence-electron chi connectivity index (χ0n) is 11.2. The summed E-state index contributed by atoms with van der Waals surface area (Å²) in [5, 5.41) is 0.715. The van der Waals surface area contributed by atoms with E-state index in [1.54, 1.807) is 0 Å². The second kappa shape index (κ2) is 6.73. The Morgan fingerprint density at radius 1 is 1.50 bits per heavy atom. The van der Waals surface area contributed by atoms with Crippen LogP contribution in [0, 0.1) is 0 Å². The van der Waals surface area contributed by atoms with E-state index in [4.69, 9.17) is 5.73 Å². The summed E-state index contributed by atoms with van der Waals surface area (Å²) < 4.78 is 0. The maximum Gasteiger partial charge on any atom is 0.0423 e. The Hall–Kier alpha value is -0.320. The molecule has 1 unspecified atom stereocenters. The lowest BCUT2D eigenvalue weighted by molar-refractivity contribution is 0.774. The van der Waals surface area contributed by atoms with Gasteiger partial charge in [-0.05, 0) is 17.9 Å². The van der Waals surface area contributed by atoms with Gasteiger partial charge in [-0.15, -0.1) is 11.8 Å². The summed E-state index contributed by atoms with van der Waals surface area (Å²) in [5.41, 5.74) is 8.65. The number of nitrogens with two attached hydrogens (primary N) is 1. The van der Waals surface area contributed by atoms with Gasteiger partial charge < -0.3 is 10.6 Å². The molecule has 1 saturated heterocycles. The normalized spacial score (nSPS) is 20.2. The highest BCUT2D eigenvalue weighted by Gasteiger charge is 2.20. The molecule has 1 aliphatic rings. The predicted molar refractivity (Wildman–Crippen MR) is 84.9 cm³/mol. The number of hydrogen-bond acceptors (Lipinski definition) is 4. The van der Waals surface area contributed by atoms with Crippen LogP contribution >= 0.6 is 23.5 Å². The summed E-state index contributed by atoms with van der Waals surface area (Å²) in [5.74, 6) is 2.32. The van der Waals surface area contributed by atoms with Crippen molar-refractivity contribution in [1.29, 1.82) is 0 Å². The van der Waals surface area contributed by atoms with Gasteiger partial charge in [-0.3, -0.25) is 0 Å². The monoisotopic (exact) mass is 282 g/mol. The van der Waals surface area contributed by atoms with Crippen LogP contribution in [0.25, 0.3) is 0 Å². The molecule has 0 bridgehead atoms.